The van der Waals surface area contributed by atoms with E-state index in [0.29, 0.717) is 15.6 Å². The van der Waals surface area contributed by atoms with E-state index >= 15 is 0 Å². The highest BCUT2D eigenvalue weighted by Gasteiger charge is 2.28. The van der Waals surface area contributed by atoms with Crippen molar-refractivity contribution in [3.8, 4) is 0 Å². The van der Waals surface area contributed by atoms with Crippen molar-refractivity contribution < 1.29 is 14.7 Å². The topological polar surface area (TPSA) is 78.4 Å². The molecular weight excluding hydrogens is 291 g/mol. The van der Waals surface area contributed by atoms with Gasteiger partial charge in [0.25, 0.3) is 0 Å². The SMILES string of the molecule is CC(C)(NC(=O)NCc1c(Cl)cccc1Cl)C(=O)O. The average molecular weight is 305 g/mol. The minimum Gasteiger partial charge on any atom is -0.480 e. The van der Waals surface area contributed by atoms with Gasteiger partial charge in [0.1, 0.15) is 5.54 Å². The lowest BCUT2D eigenvalue weighted by Gasteiger charge is -2.21. The van der Waals surface area contributed by atoms with Gasteiger partial charge in [-0.05, 0) is 26.0 Å². The largest absolute Gasteiger partial charge is 0.480 e. The molecule has 0 aliphatic heterocycles. The molecule has 19 heavy (non-hydrogen) atoms. The fourth-order valence-electron chi connectivity index (χ4n) is 1.25. The molecule has 0 aromatic heterocycles. The van der Waals surface area contributed by atoms with E-state index in [1.54, 1.807) is 18.2 Å². The highest BCUT2D eigenvalue weighted by molar-refractivity contribution is 6.36. The Morgan fingerprint density at radius 2 is 1.79 bits per heavy atom. The van der Waals surface area contributed by atoms with Crippen molar-refractivity contribution in [2.75, 3.05) is 0 Å². The Labute approximate surface area is 120 Å². The molecule has 0 aliphatic carbocycles. The van der Waals surface area contributed by atoms with E-state index in [-0.39, 0.29) is 6.54 Å². The predicted molar refractivity (Wildman–Crippen MR) is 73.5 cm³/mol. The van der Waals surface area contributed by atoms with E-state index in [1.807, 2.05) is 0 Å². The third-order valence-electron chi connectivity index (χ3n) is 2.45. The van der Waals surface area contributed by atoms with Crippen LogP contribution in [0.15, 0.2) is 18.2 Å². The molecule has 104 valence electrons. The van der Waals surface area contributed by atoms with Gasteiger partial charge in [-0.2, -0.15) is 0 Å². The monoisotopic (exact) mass is 304 g/mol. The van der Waals surface area contributed by atoms with Gasteiger partial charge in [-0.3, -0.25) is 0 Å². The first-order valence-corrected chi connectivity index (χ1v) is 6.22. The lowest BCUT2D eigenvalue weighted by molar-refractivity contribution is -0.142. The number of hydrogen-bond donors (Lipinski definition) is 3. The lowest BCUT2D eigenvalue weighted by atomic mass is 10.1. The number of amides is 2. The number of carbonyl (C=O) groups is 2. The van der Waals surface area contributed by atoms with E-state index in [2.05, 4.69) is 10.6 Å². The van der Waals surface area contributed by atoms with Gasteiger partial charge in [-0.25, -0.2) is 9.59 Å². The number of urea groups is 1. The Morgan fingerprint density at radius 1 is 1.26 bits per heavy atom. The van der Waals surface area contributed by atoms with Crippen molar-refractivity contribution in [1.82, 2.24) is 10.6 Å². The summed E-state index contributed by atoms with van der Waals surface area (Å²) in [4.78, 5) is 22.4. The van der Waals surface area contributed by atoms with Crippen LogP contribution in [0.4, 0.5) is 4.79 Å². The van der Waals surface area contributed by atoms with Crippen LogP contribution in [0.5, 0.6) is 0 Å². The first kappa shape index (κ1) is 15.6. The van der Waals surface area contributed by atoms with Crippen molar-refractivity contribution in [3.63, 3.8) is 0 Å². The van der Waals surface area contributed by atoms with E-state index in [9.17, 15) is 9.59 Å². The van der Waals surface area contributed by atoms with Gasteiger partial charge in [0.15, 0.2) is 0 Å². The van der Waals surface area contributed by atoms with Crippen LogP contribution in [0.1, 0.15) is 19.4 Å². The number of carboxylic acids is 1. The molecule has 5 nitrogen and oxygen atoms in total. The molecule has 0 unspecified atom stereocenters. The first-order valence-electron chi connectivity index (χ1n) is 5.46. The average Bonchev–Trinajstić information content (AvgIpc) is 2.27. The van der Waals surface area contributed by atoms with Gasteiger partial charge >= 0.3 is 12.0 Å². The molecule has 0 saturated heterocycles. The quantitative estimate of drug-likeness (QED) is 0.800. The molecule has 1 rings (SSSR count). The number of nitrogens with one attached hydrogen (secondary N) is 2. The summed E-state index contributed by atoms with van der Waals surface area (Å²) in [5.74, 6) is -1.13. The molecule has 0 heterocycles. The molecule has 0 atom stereocenters. The standard InChI is InChI=1S/C12H14Cl2N2O3/c1-12(2,10(17)18)16-11(19)15-6-7-8(13)4-3-5-9(7)14/h3-5H,6H2,1-2H3,(H,17,18)(H2,15,16,19). The molecule has 0 bridgehead atoms. The van der Waals surface area contributed by atoms with Crippen LogP contribution in [0.2, 0.25) is 10.0 Å². The minimum atomic E-state index is -1.35. The third kappa shape index (κ3) is 4.29. The summed E-state index contributed by atoms with van der Waals surface area (Å²) in [5.41, 5.74) is -0.775. The van der Waals surface area contributed by atoms with Gasteiger partial charge in [0.2, 0.25) is 0 Å². The zero-order valence-corrected chi connectivity index (χ0v) is 12.0. The second-order valence-electron chi connectivity index (χ2n) is 4.44. The summed E-state index contributed by atoms with van der Waals surface area (Å²) in [6.07, 6.45) is 0. The van der Waals surface area contributed by atoms with Gasteiger partial charge < -0.3 is 15.7 Å². The third-order valence-corrected chi connectivity index (χ3v) is 3.16. The number of rotatable bonds is 4. The van der Waals surface area contributed by atoms with Crippen LogP contribution in [-0.4, -0.2) is 22.6 Å². The summed E-state index contributed by atoms with van der Waals surface area (Å²) in [6.45, 7) is 2.88. The van der Waals surface area contributed by atoms with Crippen molar-refractivity contribution in [3.05, 3.63) is 33.8 Å². The fraction of sp³-hybridized carbons (Fsp3) is 0.333. The second-order valence-corrected chi connectivity index (χ2v) is 5.25. The molecule has 3 N–H and O–H groups in total. The van der Waals surface area contributed by atoms with Crippen LogP contribution >= 0.6 is 23.2 Å². The molecule has 0 spiro atoms. The number of aliphatic carboxylic acids is 1. The smallest absolute Gasteiger partial charge is 0.328 e. The second kappa shape index (κ2) is 6.12. The molecule has 0 saturated carbocycles. The number of hydrogen-bond acceptors (Lipinski definition) is 2. The van der Waals surface area contributed by atoms with E-state index < -0.39 is 17.5 Å². The number of carbonyl (C=O) groups excluding carboxylic acids is 1. The number of halogens is 2. The highest BCUT2D eigenvalue weighted by Crippen LogP contribution is 2.23. The Hall–Kier alpha value is -1.46. The van der Waals surface area contributed by atoms with Gasteiger partial charge in [0, 0.05) is 22.2 Å². The van der Waals surface area contributed by atoms with Gasteiger partial charge in [-0.15, -0.1) is 0 Å². The summed E-state index contributed by atoms with van der Waals surface area (Å²) in [6, 6.07) is 4.40. The zero-order chi connectivity index (χ0) is 14.6. The molecule has 0 radical (unpaired) electrons. The van der Waals surface area contributed by atoms with Crippen LogP contribution in [0, 0.1) is 0 Å². The predicted octanol–water partition coefficient (Wildman–Crippen LogP) is 2.66. The molecule has 2 amide bonds. The maximum Gasteiger partial charge on any atom is 0.328 e. The summed E-state index contributed by atoms with van der Waals surface area (Å²) < 4.78 is 0. The van der Waals surface area contributed by atoms with Crippen molar-refractivity contribution >= 4 is 35.2 Å². The van der Waals surface area contributed by atoms with Crippen LogP contribution in [-0.2, 0) is 11.3 Å². The normalized spacial score (nSPS) is 10.9. The van der Waals surface area contributed by atoms with E-state index in [0.717, 1.165) is 0 Å². The van der Waals surface area contributed by atoms with Crippen molar-refractivity contribution in [2.24, 2.45) is 0 Å². The van der Waals surface area contributed by atoms with Crippen LogP contribution in [0.25, 0.3) is 0 Å². The molecule has 0 aliphatic rings. The van der Waals surface area contributed by atoms with Gasteiger partial charge in [-0.1, -0.05) is 29.3 Å². The Balaban J connectivity index is 2.63. The molecule has 7 heteroatoms. The maximum atomic E-state index is 11.6. The minimum absolute atomic E-state index is 0.111. The van der Waals surface area contributed by atoms with Crippen molar-refractivity contribution in [2.45, 2.75) is 25.9 Å². The molecule has 1 aromatic rings. The van der Waals surface area contributed by atoms with Crippen molar-refractivity contribution in [1.29, 1.82) is 0 Å². The number of carboxylic acid groups (broad SMARTS) is 1. The highest BCUT2D eigenvalue weighted by atomic mass is 35.5. The summed E-state index contributed by atoms with van der Waals surface area (Å²) in [7, 11) is 0. The van der Waals surface area contributed by atoms with E-state index in [4.69, 9.17) is 28.3 Å². The van der Waals surface area contributed by atoms with Crippen LogP contribution < -0.4 is 10.6 Å². The fourth-order valence-corrected chi connectivity index (χ4v) is 1.78. The first-order chi connectivity index (χ1) is 8.74. The zero-order valence-electron chi connectivity index (χ0n) is 10.5. The van der Waals surface area contributed by atoms with E-state index in [1.165, 1.54) is 13.8 Å². The summed E-state index contributed by atoms with van der Waals surface area (Å²) >= 11 is 11.9. The lowest BCUT2D eigenvalue weighted by Crippen LogP contribution is -2.53. The van der Waals surface area contributed by atoms with Crippen LogP contribution in [0.3, 0.4) is 0 Å². The van der Waals surface area contributed by atoms with Gasteiger partial charge in [0.05, 0.1) is 0 Å². The molecule has 0 fully saturated rings. The summed E-state index contributed by atoms with van der Waals surface area (Å²) in [5, 5.41) is 14.6. The Morgan fingerprint density at radius 3 is 2.26 bits per heavy atom. The number of benzene rings is 1. The molecule has 1 aromatic carbocycles. The Kier molecular flexibility index (Phi) is 5.03. The molecular formula is C12H14Cl2N2O3. The Bertz CT molecular complexity index is 483. The maximum absolute atomic E-state index is 11.6.